The number of carbonyl (C=O) groups is 2. The summed E-state index contributed by atoms with van der Waals surface area (Å²) in [6.07, 6.45) is -0.267. The zero-order chi connectivity index (χ0) is 23.7. The van der Waals surface area contributed by atoms with Gasteiger partial charge in [0.15, 0.2) is 11.5 Å². The van der Waals surface area contributed by atoms with Gasteiger partial charge in [-0.25, -0.2) is 4.39 Å². The number of hydrogen-bond donors (Lipinski definition) is 1. The van der Waals surface area contributed by atoms with E-state index in [0.29, 0.717) is 22.8 Å². The maximum Gasteiger partial charge on any atom is 0.315 e. The predicted octanol–water partition coefficient (Wildman–Crippen LogP) is 3.64. The van der Waals surface area contributed by atoms with Crippen LogP contribution in [-0.4, -0.2) is 45.4 Å². The molecule has 1 unspecified atom stereocenters. The lowest BCUT2D eigenvalue weighted by Crippen LogP contribution is -2.33. The van der Waals surface area contributed by atoms with Crippen molar-refractivity contribution in [3.8, 4) is 17.2 Å². The van der Waals surface area contributed by atoms with Crippen molar-refractivity contribution in [3.63, 3.8) is 0 Å². The van der Waals surface area contributed by atoms with Crippen LogP contribution in [0.5, 0.6) is 17.2 Å². The van der Waals surface area contributed by atoms with E-state index in [-0.39, 0.29) is 31.2 Å². The average molecular weight is 448 g/mol. The second-order valence-electron chi connectivity index (χ2n) is 7.32. The van der Waals surface area contributed by atoms with Crippen molar-refractivity contribution in [2.75, 3.05) is 27.4 Å². The first kappa shape index (κ1) is 25.0. The number of rotatable bonds is 11. The van der Waals surface area contributed by atoms with E-state index in [9.17, 15) is 14.0 Å². The highest BCUT2D eigenvalue weighted by Crippen LogP contribution is 2.31. The second kappa shape index (κ2) is 11.9. The Morgan fingerprint density at radius 3 is 2.38 bits per heavy atom. The van der Waals surface area contributed by atoms with E-state index in [0.717, 1.165) is 0 Å². The lowest BCUT2D eigenvalue weighted by molar-refractivity contribution is -0.144. The fourth-order valence-electron chi connectivity index (χ4n) is 3.13. The van der Waals surface area contributed by atoms with Crippen molar-refractivity contribution < 1.29 is 32.9 Å². The van der Waals surface area contributed by atoms with Gasteiger partial charge in [0.2, 0.25) is 5.91 Å². The minimum absolute atomic E-state index is 0.0169. The van der Waals surface area contributed by atoms with Crippen LogP contribution in [0.3, 0.4) is 0 Å². The third kappa shape index (κ3) is 6.87. The minimum Gasteiger partial charge on any atom is -0.493 e. The molecule has 0 aliphatic rings. The Morgan fingerprint density at radius 2 is 1.75 bits per heavy atom. The number of nitrogens with one attached hydrogen (secondary N) is 1. The van der Waals surface area contributed by atoms with Gasteiger partial charge in [0.25, 0.3) is 0 Å². The molecule has 2 aromatic carbocycles. The normalized spacial score (nSPS) is 11.6. The van der Waals surface area contributed by atoms with Gasteiger partial charge in [0.05, 0.1) is 39.3 Å². The molecule has 0 radical (unpaired) electrons. The van der Waals surface area contributed by atoms with Gasteiger partial charge in [0, 0.05) is 12.1 Å². The summed E-state index contributed by atoms with van der Waals surface area (Å²) in [4.78, 5) is 25.1. The van der Waals surface area contributed by atoms with Crippen LogP contribution >= 0.6 is 0 Å². The van der Waals surface area contributed by atoms with Gasteiger partial charge < -0.3 is 24.3 Å². The molecule has 8 heteroatoms. The lowest BCUT2D eigenvalue weighted by atomic mass is 9.98. The Balaban J connectivity index is 2.15. The Kier molecular flexibility index (Phi) is 9.31. The van der Waals surface area contributed by atoms with E-state index < -0.39 is 23.6 Å². The molecule has 0 aromatic heterocycles. The summed E-state index contributed by atoms with van der Waals surface area (Å²) >= 11 is 0. The van der Waals surface area contributed by atoms with Crippen LogP contribution in [0.25, 0.3) is 0 Å². The summed E-state index contributed by atoms with van der Waals surface area (Å²) in [6, 6.07) is 9.35. The summed E-state index contributed by atoms with van der Waals surface area (Å²) in [7, 11) is 3.01. The van der Waals surface area contributed by atoms with Crippen molar-refractivity contribution in [1.29, 1.82) is 0 Å². The number of halogens is 1. The molecule has 0 saturated heterocycles. The van der Waals surface area contributed by atoms with E-state index in [1.165, 1.54) is 32.4 Å². The number of carbonyl (C=O) groups excluding carboxylic acids is 2. The first-order chi connectivity index (χ1) is 15.3. The summed E-state index contributed by atoms with van der Waals surface area (Å²) in [5.74, 6) is -0.730. The van der Waals surface area contributed by atoms with Gasteiger partial charge in [-0.2, -0.15) is 0 Å². The molecule has 0 saturated carbocycles. The summed E-state index contributed by atoms with van der Waals surface area (Å²) in [6.45, 7) is 5.61. The topological polar surface area (TPSA) is 83.1 Å². The Hall–Kier alpha value is -3.29. The Bertz CT molecular complexity index is 931. The van der Waals surface area contributed by atoms with Crippen molar-refractivity contribution in [2.24, 2.45) is 0 Å². The minimum atomic E-state index is -0.765. The number of methoxy groups -OCH3 is 2. The number of esters is 1. The molecule has 2 rings (SSSR count). The fraction of sp³-hybridized carbons (Fsp3) is 0.417. The van der Waals surface area contributed by atoms with Crippen LogP contribution in [0.1, 0.15) is 37.8 Å². The van der Waals surface area contributed by atoms with Crippen LogP contribution in [0, 0.1) is 5.82 Å². The smallest absolute Gasteiger partial charge is 0.315 e. The van der Waals surface area contributed by atoms with Gasteiger partial charge >= 0.3 is 5.97 Å². The van der Waals surface area contributed by atoms with Gasteiger partial charge in [0.1, 0.15) is 11.6 Å². The highest BCUT2D eigenvalue weighted by atomic mass is 19.1. The van der Waals surface area contributed by atoms with Crippen LogP contribution < -0.4 is 19.5 Å². The van der Waals surface area contributed by atoms with Crippen molar-refractivity contribution >= 4 is 11.9 Å². The number of amides is 1. The summed E-state index contributed by atoms with van der Waals surface area (Å²) in [5, 5.41) is 2.70. The van der Waals surface area contributed by atoms with E-state index >= 15 is 0 Å². The molecule has 32 heavy (non-hydrogen) atoms. The predicted molar refractivity (Wildman–Crippen MR) is 118 cm³/mol. The molecular weight excluding hydrogens is 417 g/mol. The first-order valence-corrected chi connectivity index (χ1v) is 10.4. The summed E-state index contributed by atoms with van der Waals surface area (Å²) < 4.78 is 35.5. The Labute approximate surface area is 187 Å². The maximum atomic E-state index is 14.2. The molecule has 2 aromatic rings. The van der Waals surface area contributed by atoms with Crippen molar-refractivity contribution in [2.45, 2.75) is 39.2 Å². The maximum absolute atomic E-state index is 14.2. The van der Waals surface area contributed by atoms with Gasteiger partial charge in [-0.1, -0.05) is 6.07 Å². The van der Waals surface area contributed by atoms with Crippen LogP contribution in [0.15, 0.2) is 36.4 Å². The third-order valence-corrected chi connectivity index (χ3v) is 4.62. The molecule has 7 nitrogen and oxygen atoms in total. The number of hydrogen-bond acceptors (Lipinski definition) is 6. The van der Waals surface area contributed by atoms with Crippen LogP contribution in [0.4, 0.5) is 4.39 Å². The lowest BCUT2D eigenvalue weighted by Gasteiger charge is -2.18. The monoisotopic (exact) mass is 447 g/mol. The summed E-state index contributed by atoms with van der Waals surface area (Å²) in [5.41, 5.74) is 0.805. The standard InChI is InChI=1S/C24H30FNO6/c1-6-31-24(28)19(16-7-10-21(29-4)22(12-16)30-5)14-26-23(27)13-17-11-18(32-15(2)3)8-9-20(17)25/h7-12,15,19H,6,13-14H2,1-5H3,(H,26,27). The molecule has 0 fully saturated rings. The molecule has 0 aliphatic heterocycles. The van der Waals surface area contributed by atoms with Gasteiger partial charge in [-0.05, 0) is 56.7 Å². The van der Waals surface area contributed by atoms with Crippen LogP contribution in [-0.2, 0) is 20.7 Å². The molecule has 1 N–H and O–H groups in total. The second-order valence-corrected chi connectivity index (χ2v) is 7.32. The zero-order valence-corrected chi connectivity index (χ0v) is 19.1. The SMILES string of the molecule is CCOC(=O)C(CNC(=O)Cc1cc(OC(C)C)ccc1F)c1ccc(OC)c(OC)c1. The molecule has 1 amide bonds. The molecule has 0 bridgehead atoms. The van der Waals surface area contributed by atoms with Crippen molar-refractivity contribution in [3.05, 3.63) is 53.3 Å². The highest BCUT2D eigenvalue weighted by Gasteiger charge is 2.24. The van der Waals surface area contributed by atoms with Crippen LogP contribution in [0.2, 0.25) is 0 Å². The van der Waals surface area contributed by atoms with Crippen molar-refractivity contribution in [1.82, 2.24) is 5.32 Å². The third-order valence-electron chi connectivity index (χ3n) is 4.62. The molecular formula is C24H30FNO6. The number of benzene rings is 2. The quantitative estimate of drug-likeness (QED) is 0.530. The zero-order valence-electron chi connectivity index (χ0n) is 19.1. The van der Waals surface area contributed by atoms with E-state index in [4.69, 9.17) is 18.9 Å². The molecule has 0 aliphatic carbocycles. The Morgan fingerprint density at radius 1 is 1.03 bits per heavy atom. The van der Waals surface area contributed by atoms with E-state index in [1.54, 1.807) is 25.1 Å². The van der Waals surface area contributed by atoms with E-state index in [1.807, 2.05) is 13.8 Å². The molecule has 0 spiro atoms. The highest BCUT2D eigenvalue weighted by molar-refractivity contribution is 5.82. The van der Waals surface area contributed by atoms with Gasteiger partial charge in [-0.3, -0.25) is 9.59 Å². The number of ether oxygens (including phenoxy) is 4. The average Bonchev–Trinajstić information content (AvgIpc) is 2.75. The first-order valence-electron chi connectivity index (χ1n) is 10.4. The van der Waals surface area contributed by atoms with E-state index in [2.05, 4.69) is 5.32 Å². The fourth-order valence-corrected chi connectivity index (χ4v) is 3.13. The molecule has 1 atom stereocenters. The molecule has 174 valence electrons. The largest absolute Gasteiger partial charge is 0.493 e. The molecule has 0 heterocycles. The van der Waals surface area contributed by atoms with Gasteiger partial charge in [-0.15, -0.1) is 0 Å².